The van der Waals surface area contributed by atoms with Gasteiger partial charge in [0.2, 0.25) is 0 Å². The maximum atomic E-state index is 12.7. The standard InChI is InChI=1S/C14H19FO3/c1-3-14(4-2,13(16)17)9-10-18-12-7-5-11(15)6-8-12/h5-8H,3-4,9-10H2,1-2H3,(H,16,17). The van der Waals surface area contributed by atoms with Crippen LogP contribution in [-0.2, 0) is 4.79 Å². The number of aliphatic carboxylic acids is 1. The molecule has 0 saturated carbocycles. The van der Waals surface area contributed by atoms with E-state index in [2.05, 4.69) is 0 Å². The lowest BCUT2D eigenvalue weighted by molar-refractivity contribution is -0.150. The SMILES string of the molecule is CCC(CC)(CCOc1ccc(F)cc1)C(=O)O. The highest BCUT2D eigenvalue weighted by molar-refractivity contribution is 5.74. The Bertz CT molecular complexity index is 383. The van der Waals surface area contributed by atoms with E-state index < -0.39 is 11.4 Å². The summed E-state index contributed by atoms with van der Waals surface area (Å²) < 4.78 is 18.1. The highest BCUT2D eigenvalue weighted by Crippen LogP contribution is 2.31. The predicted octanol–water partition coefficient (Wildman–Crippen LogP) is 3.49. The molecular weight excluding hydrogens is 235 g/mol. The zero-order valence-electron chi connectivity index (χ0n) is 10.8. The van der Waals surface area contributed by atoms with Gasteiger partial charge in [-0.05, 0) is 43.5 Å². The van der Waals surface area contributed by atoms with Gasteiger partial charge < -0.3 is 9.84 Å². The van der Waals surface area contributed by atoms with Crippen molar-refractivity contribution < 1.29 is 19.0 Å². The van der Waals surface area contributed by atoms with Gasteiger partial charge in [0.15, 0.2) is 0 Å². The van der Waals surface area contributed by atoms with Crippen LogP contribution in [0.1, 0.15) is 33.1 Å². The first-order chi connectivity index (χ1) is 8.54. The normalized spacial score (nSPS) is 11.3. The number of halogens is 1. The van der Waals surface area contributed by atoms with Gasteiger partial charge in [0.05, 0.1) is 12.0 Å². The quantitative estimate of drug-likeness (QED) is 0.810. The molecule has 0 amide bonds. The topological polar surface area (TPSA) is 46.5 Å². The Morgan fingerprint density at radius 3 is 2.28 bits per heavy atom. The minimum Gasteiger partial charge on any atom is -0.494 e. The van der Waals surface area contributed by atoms with Crippen LogP contribution in [0.2, 0.25) is 0 Å². The van der Waals surface area contributed by atoms with Crippen molar-refractivity contribution in [2.24, 2.45) is 5.41 Å². The third kappa shape index (κ3) is 3.45. The van der Waals surface area contributed by atoms with E-state index in [4.69, 9.17) is 4.74 Å². The number of carboxylic acid groups (broad SMARTS) is 1. The number of hydrogen-bond acceptors (Lipinski definition) is 2. The molecule has 1 aromatic carbocycles. The lowest BCUT2D eigenvalue weighted by Gasteiger charge is -2.26. The van der Waals surface area contributed by atoms with Gasteiger partial charge >= 0.3 is 5.97 Å². The Morgan fingerprint density at radius 2 is 1.83 bits per heavy atom. The van der Waals surface area contributed by atoms with E-state index >= 15 is 0 Å². The fraction of sp³-hybridized carbons (Fsp3) is 0.500. The smallest absolute Gasteiger partial charge is 0.309 e. The molecule has 0 unspecified atom stereocenters. The average Bonchev–Trinajstić information content (AvgIpc) is 2.37. The summed E-state index contributed by atoms with van der Waals surface area (Å²) in [5.41, 5.74) is -0.722. The van der Waals surface area contributed by atoms with E-state index in [1.165, 1.54) is 24.3 Å². The van der Waals surface area contributed by atoms with Gasteiger partial charge in [0.1, 0.15) is 11.6 Å². The molecule has 0 fully saturated rings. The lowest BCUT2D eigenvalue weighted by atomic mass is 9.79. The van der Waals surface area contributed by atoms with E-state index in [9.17, 15) is 14.3 Å². The van der Waals surface area contributed by atoms with Gasteiger partial charge in [0.25, 0.3) is 0 Å². The number of carbonyl (C=O) groups is 1. The minimum atomic E-state index is -0.782. The van der Waals surface area contributed by atoms with E-state index in [-0.39, 0.29) is 5.82 Å². The minimum absolute atomic E-state index is 0.315. The molecule has 0 saturated heterocycles. The van der Waals surface area contributed by atoms with Crippen molar-refractivity contribution in [2.45, 2.75) is 33.1 Å². The molecule has 0 heterocycles. The van der Waals surface area contributed by atoms with Gasteiger partial charge in [-0.2, -0.15) is 0 Å². The van der Waals surface area contributed by atoms with Crippen LogP contribution in [0.4, 0.5) is 4.39 Å². The van der Waals surface area contributed by atoms with Gasteiger partial charge in [0, 0.05) is 0 Å². The molecule has 1 aromatic rings. The molecule has 0 aliphatic rings. The largest absolute Gasteiger partial charge is 0.494 e. The molecule has 3 nitrogen and oxygen atoms in total. The molecule has 0 spiro atoms. The Morgan fingerprint density at radius 1 is 1.28 bits per heavy atom. The highest BCUT2D eigenvalue weighted by Gasteiger charge is 2.34. The summed E-state index contributed by atoms with van der Waals surface area (Å²) in [7, 11) is 0. The van der Waals surface area contributed by atoms with Crippen molar-refractivity contribution >= 4 is 5.97 Å². The molecule has 1 rings (SSSR count). The molecule has 0 aliphatic carbocycles. The van der Waals surface area contributed by atoms with Crippen molar-refractivity contribution in [1.82, 2.24) is 0 Å². The molecule has 1 N–H and O–H groups in total. The summed E-state index contributed by atoms with van der Waals surface area (Å²) >= 11 is 0. The number of carboxylic acids is 1. The third-order valence-corrected chi connectivity index (χ3v) is 3.47. The van der Waals surface area contributed by atoms with Gasteiger partial charge in [-0.3, -0.25) is 4.79 Å². The van der Waals surface area contributed by atoms with Crippen molar-refractivity contribution in [3.8, 4) is 5.75 Å². The van der Waals surface area contributed by atoms with Crippen LogP contribution < -0.4 is 4.74 Å². The summed E-state index contributed by atoms with van der Waals surface area (Å²) in [5.74, 6) is -0.539. The number of ether oxygens (including phenoxy) is 1. The van der Waals surface area contributed by atoms with Gasteiger partial charge in [-0.25, -0.2) is 4.39 Å². The van der Waals surface area contributed by atoms with Crippen LogP contribution in [-0.4, -0.2) is 17.7 Å². The first kappa shape index (κ1) is 14.5. The van der Waals surface area contributed by atoms with Crippen LogP contribution in [0.15, 0.2) is 24.3 Å². The molecule has 0 aromatic heterocycles. The fourth-order valence-electron chi connectivity index (χ4n) is 1.91. The number of hydrogen-bond donors (Lipinski definition) is 1. The molecule has 0 aliphatic heterocycles. The Hall–Kier alpha value is -1.58. The maximum Gasteiger partial charge on any atom is 0.309 e. The first-order valence-electron chi connectivity index (χ1n) is 6.16. The van der Waals surface area contributed by atoms with Crippen LogP contribution >= 0.6 is 0 Å². The van der Waals surface area contributed by atoms with E-state index in [1.54, 1.807) is 0 Å². The van der Waals surface area contributed by atoms with Crippen LogP contribution in [0.3, 0.4) is 0 Å². The summed E-state index contributed by atoms with van der Waals surface area (Å²) in [5, 5.41) is 9.25. The lowest BCUT2D eigenvalue weighted by Crippen LogP contribution is -2.31. The first-order valence-corrected chi connectivity index (χ1v) is 6.16. The van der Waals surface area contributed by atoms with Crippen LogP contribution in [0.25, 0.3) is 0 Å². The Balaban J connectivity index is 2.54. The van der Waals surface area contributed by atoms with Crippen molar-refractivity contribution in [2.75, 3.05) is 6.61 Å². The van der Waals surface area contributed by atoms with E-state index in [0.29, 0.717) is 31.6 Å². The third-order valence-electron chi connectivity index (χ3n) is 3.47. The monoisotopic (exact) mass is 254 g/mol. The zero-order valence-corrected chi connectivity index (χ0v) is 10.8. The molecule has 4 heteroatoms. The summed E-state index contributed by atoms with van der Waals surface area (Å²) in [6.07, 6.45) is 1.60. The summed E-state index contributed by atoms with van der Waals surface area (Å²) in [4.78, 5) is 11.3. The summed E-state index contributed by atoms with van der Waals surface area (Å²) in [6.45, 7) is 4.06. The second-order valence-corrected chi connectivity index (χ2v) is 4.34. The van der Waals surface area contributed by atoms with Gasteiger partial charge in [-0.15, -0.1) is 0 Å². The molecular formula is C14H19FO3. The number of benzene rings is 1. The molecule has 0 bridgehead atoms. The fourth-order valence-corrected chi connectivity index (χ4v) is 1.91. The second kappa shape index (κ2) is 6.38. The molecule has 18 heavy (non-hydrogen) atoms. The summed E-state index contributed by atoms with van der Waals surface area (Å²) in [6, 6.07) is 5.71. The average molecular weight is 254 g/mol. The van der Waals surface area contributed by atoms with Gasteiger partial charge in [-0.1, -0.05) is 13.8 Å². The van der Waals surface area contributed by atoms with E-state index in [1.807, 2.05) is 13.8 Å². The van der Waals surface area contributed by atoms with Crippen molar-refractivity contribution in [1.29, 1.82) is 0 Å². The van der Waals surface area contributed by atoms with Crippen molar-refractivity contribution in [3.05, 3.63) is 30.1 Å². The Kier molecular flexibility index (Phi) is 5.13. The molecule has 0 radical (unpaired) electrons. The highest BCUT2D eigenvalue weighted by atomic mass is 19.1. The van der Waals surface area contributed by atoms with Crippen molar-refractivity contribution in [3.63, 3.8) is 0 Å². The second-order valence-electron chi connectivity index (χ2n) is 4.34. The number of rotatable bonds is 7. The van der Waals surface area contributed by atoms with Crippen LogP contribution in [0, 0.1) is 11.2 Å². The zero-order chi connectivity index (χ0) is 13.6. The molecule has 0 atom stereocenters. The molecule has 100 valence electrons. The van der Waals surface area contributed by atoms with Crippen LogP contribution in [0.5, 0.6) is 5.75 Å². The Labute approximate surface area is 107 Å². The van der Waals surface area contributed by atoms with E-state index in [0.717, 1.165) is 0 Å². The maximum absolute atomic E-state index is 12.7. The predicted molar refractivity (Wildman–Crippen MR) is 67.2 cm³/mol.